The zero-order valence-electron chi connectivity index (χ0n) is 20.0. The lowest BCUT2D eigenvalue weighted by molar-refractivity contribution is -0.105. The average Bonchev–Trinajstić information content (AvgIpc) is 2.86. The Labute approximate surface area is 198 Å². The molecule has 1 unspecified atom stereocenters. The number of hydrogen-bond donors (Lipinski definition) is 0. The molecule has 4 rings (SSSR count). The van der Waals surface area contributed by atoms with Crippen LogP contribution >= 0.6 is 0 Å². The van der Waals surface area contributed by atoms with Crippen molar-refractivity contribution in [3.05, 3.63) is 59.7 Å². The van der Waals surface area contributed by atoms with Crippen LogP contribution in [0.5, 0.6) is 11.5 Å². The molecule has 1 atom stereocenters. The highest BCUT2D eigenvalue weighted by atomic mass is 16.7. The number of hydrogen-bond acceptors (Lipinski definition) is 4. The SMILES string of the molecule is CCCCCC1CCC(c2ccc(OC(=O)c3ccc(OC4CCCCO4)cc3)cc2)CC1. The van der Waals surface area contributed by atoms with Gasteiger partial charge in [-0.1, -0.05) is 44.7 Å². The quantitative estimate of drug-likeness (QED) is 0.223. The first kappa shape index (κ1) is 23.8. The van der Waals surface area contributed by atoms with E-state index in [-0.39, 0.29) is 12.3 Å². The molecule has 2 aromatic rings. The third kappa shape index (κ3) is 7.07. The van der Waals surface area contributed by atoms with Crippen molar-refractivity contribution in [2.24, 2.45) is 5.92 Å². The fourth-order valence-corrected chi connectivity index (χ4v) is 5.07. The van der Waals surface area contributed by atoms with E-state index in [2.05, 4.69) is 19.1 Å². The number of carbonyl (C=O) groups is 1. The predicted octanol–water partition coefficient (Wildman–Crippen LogP) is 7.67. The van der Waals surface area contributed by atoms with Crippen LogP contribution in [-0.4, -0.2) is 18.9 Å². The van der Waals surface area contributed by atoms with Gasteiger partial charge in [-0.05, 0) is 92.3 Å². The maximum absolute atomic E-state index is 12.6. The Morgan fingerprint density at radius 2 is 1.61 bits per heavy atom. The average molecular weight is 451 g/mol. The molecular weight excluding hydrogens is 412 g/mol. The van der Waals surface area contributed by atoms with Gasteiger partial charge in [0.15, 0.2) is 6.29 Å². The molecule has 0 bridgehead atoms. The van der Waals surface area contributed by atoms with E-state index in [0.29, 0.717) is 23.0 Å². The number of unbranched alkanes of at least 4 members (excludes halogenated alkanes) is 2. The first-order valence-corrected chi connectivity index (χ1v) is 12.9. The van der Waals surface area contributed by atoms with Crippen molar-refractivity contribution in [1.82, 2.24) is 0 Å². The molecule has 0 amide bonds. The van der Waals surface area contributed by atoms with Crippen molar-refractivity contribution in [3.63, 3.8) is 0 Å². The zero-order chi connectivity index (χ0) is 22.9. The van der Waals surface area contributed by atoms with Crippen LogP contribution in [-0.2, 0) is 4.74 Å². The Morgan fingerprint density at radius 1 is 0.879 bits per heavy atom. The Kier molecular flexibility index (Phi) is 8.82. The Hall–Kier alpha value is -2.33. The van der Waals surface area contributed by atoms with Gasteiger partial charge in [0.05, 0.1) is 12.2 Å². The normalized spacial score (nSPS) is 23.1. The molecule has 4 nitrogen and oxygen atoms in total. The van der Waals surface area contributed by atoms with Crippen LogP contribution in [0.25, 0.3) is 0 Å². The summed E-state index contributed by atoms with van der Waals surface area (Å²) < 4.78 is 17.0. The highest BCUT2D eigenvalue weighted by molar-refractivity contribution is 5.91. The lowest BCUT2D eigenvalue weighted by atomic mass is 9.77. The fraction of sp³-hybridized carbons (Fsp3) is 0.552. The van der Waals surface area contributed by atoms with Crippen molar-refractivity contribution < 1.29 is 19.0 Å². The summed E-state index contributed by atoms with van der Waals surface area (Å²) in [6.07, 6.45) is 13.6. The van der Waals surface area contributed by atoms with E-state index in [0.717, 1.165) is 31.8 Å². The van der Waals surface area contributed by atoms with Gasteiger partial charge in [0.2, 0.25) is 0 Å². The third-order valence-electron chi connectivity index (χ3n) is 7.12. The molecule has 0 spiro atoms. The van der Waals surface area contributed by atoms with E-state index in [1.807, 2.05) is 12.1 Å². The Bertz CT molecular complexity index is 844. The highest BCUT2D eigenvalue weighted by Crippen LogP contribution is 2.38. The van der Waals surface area contributed by atoms with Crippen LogP contribution in [0, 0.1) is 5.92 Å². The number of ether oxygens (including phenoxy) is 3. The summed E-state index contributed by atoms with van der Waals surface area (Å²) in [6.45, 7) is 3.02. The molecule has 2 aliphatic rings. The van der Waals surface area contributed by atoms with Gasteiger partial charge in [-0.3, -0.25) is 0 Å². The first-order chi connectivity index (χ1) is 16.2. The van der Waals surface area contributed by atoms with Crippen molar-refractivity contribution in [2.45, 2.75) is 89.8 Å². The lowest BCUT2D eigenvalue weighted by Gasteiger charge is -2.29. The molecule has 0 N–H and O–H groups in total. The number of esters is 1. The summed E-state index contributed by atoms with van der Waals surface area (Å²) in [5, 5.41) is 0. The van der Waals surface area contributed by atoms with Crippen molar-refractivity contribution in [1.29, 1.82) is 0 Å². The van der Waals surface area contributed by atoms with Crippen molar-refractivity contribution >= 4 is 5.97 Å². The summed E-state index contributed by atoms with van der Waals surface area (Å²) in [7, 11) is 0. The van der Waals surface area contributed by atoms with Gasteiger partial charge in [-0.25, -0.2) is 4.79 Å². The Balaban J connectivity index is 1.24. The monoisotopic (exact) mass is 450 g/mol. The second-order valence-electron chi connectivity index (χ2n) is 9.61. The smallest absolute Gasteiger partial charge is 0.343 e. The molecule has 4 heteroatoms. The van der Waals surface area contributed by atoms with Gasteiger partial charge in [0.1, 0.15) is 11.5 Å². The highest BCUT2D eigenvalue weighted by Gasteiger charge is 2.22. The number of carbonyl (C=O) groups excluding carboxylic acids is 1. The van der Waals surface area contributed by atoms with Gasteiger partial charge in [0, 0.05) is 6.42 Å². The summed E-state index contributed by atoms with van der Waals surface area (Å²) in [6, 6.07) is 15.2. The molecule has 1 saturated heterocycles. The second-order valence-corrected chi connectivity index (χ2v) is 9.61. The predicted molar refractivity (Wildman–Crippen MR) is 131 cm³/mol. The van der Waals surface area contributed by atoms with Crippen LogP contribution in [0.15, 0.2) is 48.5 Å². The van der Waals surface area contributed by atoms with Gasteiger partial charge < -0.3 is 14.2 Å². The van der Waals surface area contributed by atoms with Gasteiger partial charge in [-0.2, -0.15) is 0 Å². The molecule has 1 aliphatic carbocycles. The largest absolute Gasteiger partial charge is 0.465 e. The minimum absolute atomic E-state index is 0.189. The van der Waals surface area contributed by atoms with Gasteiger partial charge in [0.25, 0.3) is 0 Å². The van der Waals surface area contributed by atoms with E-state index in [9.17, 15) is 4.79 Å². The minimum Gasteiger partial charge on any atom is -0.465 e. The van der Waals surface area contributed by atoms with E-state index in [1.165, 1.54) is 56.9 Å². The van der Waals surface area contributed by atoms with Crippen LogP contribution in [0.1, 0.15) is 99.4 Å². The van der Waals surface area contributed by atoms with E-state index in [4.69, 9.17) is 14.2 Å². The molecule has 33 heavy (non-hydrogen) atoms. The second kappa shape index (κ2) is 12.2. The zero-order valence-corrected chi connectivity index (χ0v) is 20.0. The molecule has 2 aromatic carbocycles. The molecule has 1 saturated carbocycles. The topological polar surface area (TPSA) is 44.8 Å². The van der Waals surface area contributed by atoms with Crippen LogP contribution < -0.4 is 9.47 Å². The standard InChI is InChI=1S/C29H38O4/c1-2-3-4-7-22-9-11-23(12-10-22)24-13-17-27(18-14-24)33-29(30)25-15-19-26(20-16-25)32-28-8-5-6-21-31-28/h13-20,22-23,28H,2-12,21H2,1H3. The van der Waals surface area contributed by atoms with Crippen molar-refractivity contribution in [2.75, 3.05) is 6.61 Å². The van der Waals surface area contributed by atoms with Crippen molar-refractivity contribution in [3.8, 4) is 11.5 Å². The van der Waals surface area contributed by atoms with E-state index >= 15 is 0 Å². The van der Waals surface area contributed by atoms with E-state index < -0.39 is 0 Å². The third-order valence-corrected chi connectivity index (χ3v) is 7.12. The summed E-state index contributed by atoms with van der Waals surface area (Å²) in [5.41, 5.74) is 1.88. The number of benzene rings is 2. The van der Waals surface area contributed by atoms with Gasteiger partial charge >= 0.3 is 5.97 Å². The fourth-order valence-electron chi connectivity index (χ4n) is 5.07. The number of rotatable bonds is 9. The lowest BCUT2D eigenvalue weighted by Crippen LogP contribution is -2.24. The maximum Gasteiger partial charge on any atom is 0.343 e. The maximum atomic E-state index is 12.6. The minimum atomic E-state index is -0.351. The molecule has 2 fully saturated rings. The molecular formula is C29H38O4. The molecule has 1 aliphatic heterocycles. The molecule has 1 heterocycles. The van der Waals surface area contributed by atoms with Crippen LogP contribution in [0.2, 0.25) is 0 Å². The van der Waals surface area contributed by atoms with Crippen LogP contribution in [0.4, 0.5) is 0 Å². The summed E-state index contributed by atoms with van der Waals surface area (Å²) in [4.78, 5) is 12.6. The first-order valence-electron chi connectivity index (χ1n) is 12.9. The summed E-state index contributed by atoms with van der Waals surface area (Å²) in [5.74, 6) is 2.50. The van der Waals surface area contributed by atoms with E-state index in [1.54, 1.807) is 24.3 Å². The Morgan fingerprint density at radius 3 is 2.27 bits per heavy atom. The van der Waals surface area contributed by atoms with Crippen LogP contribution in [0.3, 0.4) is 0 Å². The summed E-state index contributed by atoms with van der Waals surface area (Å²) >= 11 is 0. The molecule has 178 valence electrons. The molecule has 0 aromatic heterocycles. The molecule has 0 radical (unpaired) electrons. The van der Waals surface area contributed by atoms with Gasteiger partial charge in [-0.15, -0.1) is 0 Å².